The molecule has 0 fully saturated rings. The number of aromatic nitrogens is 7. The molecule has 0 saturated heterocycles. The van der Waals surface area contributed by atoms with Gasteiger partial charge in [-0.05, 0) is 31.5 Å². The Morgan fingerprint density at radius 1 is 1.20 bits per heavy atom. The molecule has 2 atom stereocenters. The van der Waals surface area contributed by atoms with Crippen LogP contribution in [0.3, 0.4) is 0 Å². The van der Waals surface area contributed by atoms with Gasteiger partial charge >= 0.3 is 0 Å². The lowest BCUT2D eigenvalue weighted by molar-refractivity contribution is 0.572. The van der Waals surface area contributed by atoms with Crippen molar-refractivity contribution < 1.29 is 0 Å². The van der Waals surface area contributed by atoms with E-state index in [4.69, 9.17) is 0 Å². The van der Waals surface area contributed by atoms with E-state index in [1.165, 1.54) is 0 Å². The van der Waals surface area contributed by atoms with Gasteiger partial charge in [-0.1, -0.05) is 13.0 Å². The molecule has 0 amide bonds. The smallest absolute Gasteiger partial charge is 0.263 e. The Kier molecular flexibility index (Phi) is 5.06. The molecule has 0 bridgehead atoms. The van der Waals surface area contributed by atoms with Crippen molar-refractivity contribution >= 4 is 11.0 Å². The summed E-state index contributed by atoms with van der Waals surface area (Å²) in [6.45, 7) is 5.82. The first-order chi connectivity index (χ1) is 14.5. The summed E-state index contributed by atoms with van der Waals surface area (Å²) in [5.74, 6) is 1.12. The number of nitrogens with zero attached hydrogens (tertiary/aromatic N) is 7. The lowest BCUT2D eigenvalue weighted by Crippen LogP contribution is -2.16. The molecule has 0 radical (unpaired) electrons. The van der Waals surface area contributed by atoms with E-state index >= 15 is 0 Å². The molecular formula is C21H20N8O. The Morgan fingerprint density at radius 2 is 1.97 bits per heavy atom. The molecule has 2 unspecified atom stereocenters. The van der Waals surface area contributed by atoms with E-state index in [2.05, 4.69) is 30.0 Å². The molecule has 150 valence electrons. The van der Waals surface area contributed by atoms with Crippen LogP contribution in [-0.2, 0) is 6.42 Å². The molecular weight excluding hydrogens is 380 g/mol. The van der Waals surface area contributed by atoms with Crippen LogP contribution in [0.1, 0.15) is 54.4 Å². The molecule has 30 heavy (non-hydrogen) atoms. The van der Waals surface area contributed by atoms with Crippen molar-refractivity contribution in [1.29, 1.82) is 5.26 Å². The summed E-state index contributed by atoms with van der Waals surface area (Å²) in [6.07, 6.45) is 5.58. The van der Waals surface area contributed by atoms with Crippen molar-refractivity contribution in [2.45, 2.75) is 39.2 Å². The van der Waals surface area contributed by atoms with Gasteiger partial charge in [-0.3, -0.25) is 9.78 Å². The SMILES string of the molecule is Cc1ccc(C(C)n2nc(C#N)c3c(=O)[nH]c(CC(C)c4ncccn4)nc32)cn1. The summed E-state index contributed by atoms with van der Waals surface area (Å²) in [5.41, 5.74) is 1.86. The highest BCUT2D eigenvalue weighted by Crippen LogP contribution is 2.23. The first kappa shape index (κ1) is 19.4. The van der Waals surface area contributed by atoms with Crippen LogP contribution < -0.4 is 5.56 Å². The zero-order valence-corrected chi connectivity index (χ0v) is 16.9. The minimum absolute atomic E-state index is 0.0441. The second-order valence-corrected chi connectivity index (χ2v) is 7.24. The molecule has 0 spiro atoms. The molecule has 9 nitrogen and oxygen atoms in total. The molecule has 4 aromatic rings. The van der Waals surface area contributed by atoms with Gasteiger partial charge in [0.05, 0.1) is 6.04 Å². The first-order valence-corrected chi connectivity index (χ1v) is 9.59. The quantitative estimate of drug-likeness (QED) is 0.545. The maximum atomic E-state index is 12.8. The highest BCUT2D eigenvalue weighted by atomic mass is 16.1. The van der Waals surface area contributed by atoms with Crippen LogP contribution in [-0.4, -0.2) is 34.7 Å². The second-order valence-electron chi connectivity index (χ2n) is 7.24. The van der Waals surface area contributed by atoms with Gasteiger partial charge in [0.1, 0.15) is 23.1 Å². The number of pyridine rings is 1. The number of H-pyrrole nitrogens is 1. The maximum absolute atomic E-state index is 12.8. The van der Waals surface area contributed by atoms with Crippen LogP contribution in [0.4, 0.5) is 0 Å². The van der Waals surface area contributed by atoms with Crippen LogP contribution >= 0.6 is 0 Å². The van der Waals surface area contributed by atoms with E-state index in [-0.39, 0.29) is 28.6 Å². The van der Waals surface area contributed by atoms with Gasteiger partial charge in [-0.25, -0.2) is 19.6 Å². The van der Waals surface area contributed by atoms with Gasteiger partial charge in [0.2, 0.25) is 0 Å². The Morgan fingerprint density at radius 3 is 2.63 bits per heavy atom. The fourth-order valence-electron chi connectivity index (χ4n) is 3.35. The number of aromatic amines is 1. The summed E-state index contributed by atoms with van der Waals surface area (Å²) < 4.78 is 1.61. The molecule has 1 N–H and O–H groups in total. The molecule has 0 aromatic carbocycles. The summed E-state index contributed by atoms with van der Waals surface area (Å²) in [5, 5.41) is 14.0. The molecule has 4 aromatic heterocycles. The fraction of sp³-hybridized carbons (Fsp3) is 0.286. The highest BCUT2D eigenvalue weighted by Gasteiger charge is 2.22. The van der Waals surface area contributed by atoms with Gasteiger partial charge in [0.15, 0.2) is 11.3 Å². The van der Waals surface area contributed by atoms with Crippen LogP contribution in [0.25, 0.3) is 11.0 Å². The van der Waals surface area contributed by atoms with Gasteiger partial charge < -0.3 is 4.98 Å². The minimum Gasteiger partial charge on any atom is -0.310 e. The largest absolute Gasteiger partial charge is 0.310 e. The van der Waals surface area contributed by atoms with Crippen molar-refractivity contribution in [3.8, 4) is 6.07 Å². The van der Waals surface area contributed by atoms with E-state index in [1.807, 2.05) is 39.0 Å². The Labute approximate surface area is 172 Å². The van der Waals surface area contributed by atoms with Gasteiger partial charge in [0, 0.05) is 36.6 Å². The second kappa shape index (κ2) is 7.83. The van der Waals surface area contributed by atoms with Crippen LogP contribution in [0.2, 0.25) is 0 Å². The summed E-state index contributed by atoms with van der Waals surface area (Å²) in [6, 6.07) is 7.38. The Hall–Kier alpha value is -3.93. The lowest BCUT2D eigenvalue weighted by atomic mass is 10.1. The van der Waals surface area contributed by atoms with Gasteiger partial charge in [-0.15, -0.1) is 0 Å². The molecule has 0 aliphatic heterocycles. The highest BCUT2D eigenvalue weighted by molar-refractivity contribution is 5.80. The molecule has 4 heterocycles. The van der Waals surface area contributed by atoms with Crippen molar-refractivity contribution in [3.63, 3.8) is 0 Å². The number of rotatable bonds is 5. The Balaban J connectivity index is 1.79. The first-order valence-electron chi connectivity index (χ1n) is 9.59. The van der Waals surface area contributed by atoms with Crippen LogP contribution in [0, 0.1) is 18.3 Å². The summed E-state index contributed by atoms with van der Waals surface area (Å²) in [4.78, 5) is 33.1. The predicted molar refractivity (Wildman–Crippen MR) is 110 cm³/mol. The zero-order chi connectivity index (χ0) is 21.3. The molecule has 0 aliphatic carbocycles. The molecule has 0 saturated carbocycles. The minimum atomic E-state index is -0.381. The average molecular weight is 400 g/mol. The van der Waals surface area contributed by atoms with Crippen molar-refractivity contribution in [3.05, 3.63) is 75.7 Å². The maximum Gasteiger partial charge on any atom is 0.263 e. The Bertz CT molecular complexity index is 1290. The normalized spacial score (nSPS) is 13.1. The lowest BCUT2D eigenvalue weighted by Gasteiger charge is -2.14. The van der Waals surface area contributed by atoms with Gasteiger partial charge in [0.25, 0.3) is 5.56 Å². The van der Waals surface area contributed by atoms with Crippen molar-refractivity contribution in [2.24, 2.45) is 0 Å². The number of nitrogens with one attached hydrogen (secondary N) is 1. The van der Waals surface area contributed by atoms with Gasteiger partial charge in [-0.2, -0.15) is 10.4 Å². The number of hydrogen-bond donors (Lipinski definition) is 1. The zero-order valence-electron chi connectivity index (χ0n) is 16.9. The van der Waals surface area contributed by atoms with E-state index < -0.39 is 0 Å². The third-order valence-electron chi connectivity index (χ3n) is 5.03. The number of nitriles is 1. The van der Waals surface area contributed by atoms with E-state index in [0.29, 0.717) is 23.7 Å². The average Bonchev–Trinajstić information content (AvgIpc) is 3.13. The topological polar surface area (TPSA) is 126 Å². The van der Waals surface area contributed by atoms with Crippen LogP contribution in [0.15, 0.2) is 41.6 Å². The fourth-order valence-corrected chi connectivity index (χ4v) is 3.35. The predicted octanol–water partition coefficient (Wildman–Crippen LogP) is 2.44. The van der Waals surface area contributed by atoms with Crippen LogP contribution in [0.5, 0.6) is 0 Å². The standard InChI is InChI=1S/C21H20N8O/c1-12(19-23-7-4-8-24-19)9-17-26-20-18(21(30)27-17)16(10-22)28-29(20)14(3)15-6-5-13(2)25-11-15/h4-8,11-12,14H,9H2,1-3H3,(H,26,27,30). The number of aryl methyl sites for hydroxylation is 1. The van der Waals surface area contributed by atoms with E-state index in [9.17, 15) is 10.1 Å². The number of fused-ring (bicyclic) bond motifs is 1. The molecule has 0 aliphatic rings. The molecule has 4 rings (SSSR count). The third-order valence-corrected chi connectivity index (χ3v) is 5.03. The summed E-state index contributed by atoms with van der Waals surface area (Å²) >= 11 is 0. The number of hydrogen-bond acceptors (Lipinski definition) is 7. The van der Waals surface area contributed by atoms with E-state index in [0.717, 1.165) is 11.3 Å². The summed E-state index contributed by atoms with van der Waals surface area (Å²) in [7, 11) is 0. The third kappa shape index (κ3) is 3.55. The van der Waals surface area contributed by atoms with Crippen molar-refractivity contribution in [2.75, 3.05) is 0 Å². The monoisotopic (exact) mass is 400 g/mol. The van der Waals surface area contributed by atoms with Crippen molar-refractivity contribution in [1.82, 2.24) is 34.7 Å². The molecule has 9 heteroatoms. The van der Waals surface area contributed by atoms with E-state index in [1.54, 1.807) is 29.3 Å².